The highest BCUT2D eigenvalue weighted by Crippen LogP contribution is 2.33. The fourth-order valence-corrected chi connectivity index (χ4v) is 1.41. The summed E-state index contributed by atoms with van der Waals surface area (Å²) in [5.74, 6) is 0.990. The Labute approximate surface area is 97.4 Å². The first kappa shape index (κ1) is 10.3. The van der Waals surface area contributed by atoms with Crippen molar-refractivity contribution in [1.29, 1.82) is 0 Å². The van der Waals surface area contributed by atoms with Gasteiger partial charge in [-0.15, -0.1) is 0 Å². The number of pyridine rings is 1. The first-order valence-corrected chi connectivity index (χ1v) is 5.06. The Bertz CT molecular complexity index is 459. The van der Waals surface area contributed by atoms with E-state index in [1.54, 1.807) is 30.5 Å². The quantitative estimate of drug-likeness (QED) is 0.785. The zero-order valence-corrected chi connectivity index (χ0v) is 9.16. The smallest absolute Gasteiger partial charge is 0.219 e. The number of ether oxygens (including phenoxy) is 1. The average molecular weight is 240 g/mol. The molecule has 0 aliphatic rings. The van der Waals surface area contributed by atoms with Crippen molar-refractivity contribution >= 4 is 23.2 Å². The molecular weight excluding hydrogens is 233 g/mol. The third-order valence-corrected chi connectivity index (χ3v) is 2.57. The van der Waals surface area contributed by atoms with Crippen LogP contribution in [0.3, 0.4) is 0 Å². The van der Waals surface area contributed by atoms with Crippen LogP contribution in [0.2, 0.25) is 10.0 Å². The summed E-state index contributed by atoms with van der Waals surface area (Å²) in [6.07, 6.45) is 1.65. The number of benzene rings is 1. The number of rotatable bonds is 2. The van der Waals surface area contributed by atoms with E-state index in [9.17, 15) is 0 Å². The highest BCUT2D eigenvalue weighted by atomic mass is 35.5. The van der Waals surface area contributed by atoms with Crippen LogP contribution >= 0.6 is 23.2 Å². The second kappa shape index (κ2) is 4.51. The molecule has 15 heavy (non-hydrogen) atoms. The zero-order valence-electron chi connectivity index (χ0n) is 7.65. The van der Waals surface area contributed by atoms with E-state index in [4.69, 9.17) is 27.9 Å². The average Bonchev–Trinajstić information content (AvgIpc) is 2.26. The molecule has 0 saturated carbocycles. The maximum Gasteiger partial charge on any atom is 0.219 e. The lowest BCUT2D eigenvalue weighted by Gasteiger charge is -2.06. The SMILES string of the molecule is Clc1cccc(Oc2ccccn2)c1Cl. The van der Waals surface area contributed by atoms with E-state index >= 15 is 0 Å². The molecule has 2 aromatic rings. The van der Waals surface area contributed by atoms with Crippen LogP contribution in [0, 0.1) is 0 Å². The Kier molecular flexibility index (Phi) is 3.09. The van der Waals surface area contributed by atoms with E-state index in [2.05, 4.69) is 4.98 Å². The van der Waals surface area contributed by atoms with Gasteiger partial charge in [0.1, 0.15) is 10.8 Å². The number of aromatic nitrogens is 1. The van der Waals surface area contributed by atoms with Gasteiger partial charge in [-0.2, -0.15) is 0 Å². The highest BCUT2D eigenvalue weighted by Gasteiger charge is 2.06. The van der Waals surface area contributed by atoms with Crippen LogP contribution in [0.15, 0.2) is 42.6 Å². The summed E-state index contributed by atoms with van der Waals surface area (Å²) in [6.45, 7) is 0. The second-order valence-electron chi connectivity index (χ2n) is 2.82. The Morgan fingerprint density at radius 2 is 1.87 bits per heavy atom. The Balaban J connectivity index is 2.29. The predicted octanol–water partition coefficient (Wildman–Crippen LogP) is 4.18. The van der Waals surface area contributed by atoms with Gasteiger partial charge in [-0.25, -0.2) is 4.98 Å². The standard InChI is InChI=1S/C11H7Cl2NO/c12-8-4-3-5-9(11(8)13)15-10-6-1-2-7-14-10/h1-7H. The van der Waals surface area contributed by atoms with Gasteiger partial charge in [-0.1, -0.05) is 35.3 Å². The Morgan fingerprint density at radius 1 is 1.00 bits per heavy atom. The molecule has 0 aliphatic carbocycles. The molecular formula is C11H7Cl2NO. The van der Waals surface area contributed by atoms with Crippen LogP contribution in [0.1, 0.15) is 0 Å². The van der Waals surface area contributed by atoms with Crippen molar-refractivity contribution in [1.82, 2.24) is 4.98 Å². The third-order valence-electron chi connectivity index (χ3n) is 1.77. The summed E-state index contributed by atoms with van der Waals surface area (Å²) in [4.78, 5) is 4.02. The summed E-state index contributed by atoms with van der Waals surface area (Å²) < 4.78 is 5.46. The van der Waals surface area contributed by atoms with E-state index in [0.717, 1.165) is 0 Å². The summed E-state index contributed by atoms with van der Waals surface area (Å²) in [6, 6.07) is 10.6. The second-order valence-corrected chi connectivity index (χ2v) is 3.61. The van der Waals surface area contributed by atoms with Crippen molar-refractivity contribution < 1.29 is 4.74 Å². The van der Waals surface area contributed by atoms with Crippen molar-refractivity contribution in [2.24, 2.45) is 0 Å². The maximum absolute atomic E-state index is 5.96. The molecule has 4 heteroatoms. The lowest BCUT2D eigenvalue weighted by Crippen LogP contribution is -1.87. The van der Waals surface area contributed by atoms with Crippen LogP contribution in [-0.2, 0) is 0 Å². The molecule has 0 atom stereocenters. The van der Waals surface area contributed by atoms with Crippen molar-refractivity contribution in [2.75, 3.05) is 0 Å². The zero-order chi connectivity index (χ0) is 10.7. The minimum absolute atomic E-state index is 0.393. The fourth-order valence-electron chi connectivity index (χ4n) is 1.08. The summed E-state index contributed by atoms with van der Waals surface area (Å²) >= 11 is 11.8. The van der Waals surface area contributed by atoms with Crippen LogP contribution in [0.4, 0.5) is 0 Å². The molecule has 0 unspecified atom stereocenters. The van der Waals surface area contributed by atoms with Gasteiger partial charge in [-0.3, -0.25) is 0 Å². The molecule has 1 aromatic heterocycles. The molecule has 1 heterocycles. The van der Waals surface area contributed by atoms with Gasteiger partial charge in [-0.05, 0) is 18.2 Å². The van der Waals surface area contributed by atoms with Crippen LogP contribution in [0.25, 0.3) is 0 Å². The van der Waals surface area contributed by atoms with Crippen LogP contribution in [0.5, 0.6) is 11.6 Å². The van der Waals surface area contributed by atoms with Gasteiger partial charge < -0.3 is 4.74 Å². The number of nitrogens with zero attached hydrogens (tertiary/aromatic N) is 1. The van der Waals surface area contributed by atoms with Gasteiger partial charge in [0.05, 0.1) is 5.02 Å². The molecule has 76 valence electrons. The monoisotopic (exact) mass is 239 g/mol. The van der Waals surface area contributed by atoms with Crippen molar-refractivity contribution in [2.45, 2.75) is 0 Å². The molecule has 0 saturated heterocycles. The minimum Gasteiger partial charge on any atom is -0.437 e. The normalized spacial score (nSPS) is 10.0. The lowest BCUT2D eigenvalue weighted by atomic mass is 10.3. The number of halogens is 2. The highest BCUT2D eigenvalue weighted by molar-refractivity contribution is 6.42. The fraction of sp³-hybridized carbons (Fsp3) is 0. The Morgan fingerprint density at radius 3 is 2.60 bits per heavy atom. The first-order valence-electron chi connectivity index (χ1n) is 4.30. The summed E-state index contributed by atoms with van der Waals surface area (Å²) in [5.41, 5.74) is 0. The minimum atomic E-state index is 0.393. The van der Waals surface area contributed by atoms with Crippen molar-refractivity contribution in [3.8, 4) is 11.6 Å². The van der Waals surface area contributed by atoms with Gasteiger partial charge in [0, 0.05) is 12.3 Å². The third kappa shape index (κ3) is 2.41. The number of hydrogen-bond acceptors (Lipinski definition) is 2. The predicted molar refractivity (Wildman–Crippen MR) is 60.8 cm³/mol. The molecule has 0 N–H and O–H groups in total. The summed E-state index contributed by atoms with van der Waals surface area (Å²) in [5, 5.41) is 0.856. The van der Waals surface area contributed by atoms with E-state index in [0.29, 0.717) is 21.7 Å². The molecule has 0 fully saturated rings. The van der Waals surface area contributed by atoms with Crippen molar-refractivity contribution in [3.63, 3.8) is 0 Å². The topological polar surface area (TPSA) is 22.1 Å². The molecule has 2 rings (SSSR count). The molecule has 0 aliphatic heterocycles. The van der Waals surface area contributed by atoms with Gasteiger partial charge in [0.15, 0.2) is 0 Å². The van der Waals surface area contributed by atoms with Crippen LogP contribution in [-0.4, -0.2) is 4.98 Å². The number of hydrogen-bond donors (Lipinski definition) is 0. The molecule has 0 spiro atoms. The van der Waals surface area contributed by atoms with E-state index in [-0.39, 0.29) is 0 Å². The van der Waals surface area contributed by atoms with Gasteiger partial charge >= 0.3 is 0 Å². The largest absolute Gasteiger partial charge is 0.437 e. The van der Waals surface area contributed by atoms with Crippen molar-refractivity contribution in [3.05, 3.63) is 52.6 Å². The molecule has 0 bridgehead atoms. The lowest BCUT2D eigenvalue weighted by molar-refractivity contribution is 0.463. The van der Waals surface area contributed by atoms with E-state index in [1.807, 2.05) is 12.1 Å². The first-order chi connectivity index (χ1) is 7.27. The molecule has 0 radical (unpaired) electrons. The van der Waals surface area contributed by atoms with E-state index < -0.39 is 0 Å². The summed E-state index contributed by atoms with van der Waals surface area (Å²) in [7, 11) is 0. The van der Waals surface area contributed by atoms with E-state index in [1.165, 1.54) is 0 Å². The molecule has 0 amide bonds. The molecule has 1 aromatic carbocycles. The van der Waals surface area contributed by atoms with Gasteiger partial charge in [0.25, 0.3) is 0 Å². The van der Waals surface area contributed by atoms with Gasteiger partial charge in [0.2, 0.25) is 5.88 Å². The van der Waals surface area contributed by atoms with Crippen LogP contribution < -0.4 is 4.74 Å². The molecule has 2 nitrogen and oxygen atoms in total. The maximum atomic E-state index is 5.96. The Hall–Kier alpha value is -1.25.